The largest absolute Gasteiger partial charge is 0.361 e. The van der Waals surface area contributed by atoms with Crippen LogP contribution in [0, 0.1) is 13.8 Å². The van der Waals surface area contributed by atoms with E-state index < -0.39 is 0 Å². The van der Waals surface area contributed by atoms with Crippen LogP contribution in [0.2, 0.25) is 5.02 Å². The lowest BCUT2D eigenvalue weighted by molar-refractivity contribution is -0.119. The minimum absolute atomic E-state index is 0.0131. The van der Waals surface area contributed by atoms with Gasteiger partial charge in [-0.1, -0.05) is 35.8 Å². The fourth-order valence-electron chi connectivity index (χ4n) is 2.33. The van der Waals surface area contributed by atoms with Gasteiger partial charge in [0, 0.05) is 16.3 Å². The highest BCUT2D eigenvalue weighted by Gasteiger charge is 2.14. The minimum Gasteiger partial charge on any atom is -0.361 e. The highest BCUT2D eigenvalue weighted by molar-refractivity contribution is 7.99. The van der Waals surface area contributed by atoms with E-state index in [0.717, 1.165) is 34.8 Å². The Kier molecular flexibility index (Phi) is 6.54. The van der Waals surface area contributed by atoms with Crippen molar-refractivity contribution in [2.24, 2.45) is 0 Å². The van der Waals surface area contributed by atoms with Crippen LogP contribution in [0.1, 0.15) is 42.0 Å². The van der Waals surface area contributed by atoms with Crippen LogP contribution in [0.25, 0.3) is 0 Å². The van der Waals surface area contributed by atoms with E-state index in [1.54, 1.807) is 11.8 Å². The summed E-state index contributed by atoms with van der Waals surface area (Å²) in [6, 6.07) is 7.60. The number of amides is 1. The smallest absolute Gasteiger partial charge is 0.230 e. The van der Waals surface area contributed by atoms with E-state index in [2.05, 4.69) is 10.5 Å². The summed E-state index contributed by atoms with van der Waals surface area (Å²) >= 11 is 7.58. The molecule has 0 aliphatic rings. The average Bonchev–Trinajstić information content (AvgIpc) is 2.84. The van der Waals surface area contributed by atoms with Crippen molar-refractivity contribution in [3.05, 3.63) is 51.9 Å². The summed E-state index contributed by atoms with van der Waals surface area (Å²) in [7, 11) is 0. The molecule has 0 aliphatic carbocycles. The molecule has 0 spiro atoms. The lowest BCUT2D eigenvalue weighted by Crippen LogP contribution is -2.29. The van der Waals surface area contributed by atoms with Crippen molar-refractivity contribution in [2.45, 2.75) is 39.0 Å². The summed E-state index contributed by atoms with van der Waals surface area (Å²) in [6.45, 7) is 5.85. The second kappa shape index (κ2) is 8.41. The van der Waals surface area contributed by atoms with Crippen LogP contribution in [0.5, 0.6) is 0 Å². The molecule has 23 heavy (non-hydrogen) atoms. The third kappa shape index (κ3) is 5.01. The highest BCUT2D eigenvalue weighted by Crippen LogP contribution is 2.22. The van der Waals surface area contributed by atoms with Gasteiger partial charge in [0.15, 0.2) is 0 Å². The summed E-state index contributed by atoms with van der Waals surface area (Å²) in [5.74, 6) is 1.97. The van der Waals surface area contributed by atoms with Crippen LogP contribution < -0.4 is 5.32 Å². The Morgan fingerprint density at radius 3 is 2.83 bits per heavy atom. The van der Waals surface area contributed by atoms with Crippen LogP contribution in [-0.4, -0.2) is 16.8 Å². The molecule has 0 fully saturated rings. The molecule has 1 aromatic carbocycles. The van der Waals surface area contributed by atoms with Gasteiger partial charge in [-0.15, -0.1) is 11.8 Å². The van der Waals surface area contributed by atoms with Crippen LogP contribution in [0.4, 0.5) is 0 Å². The molecule has 4 nitrogen and oxygen atoms in total. The van der Waals surface area contributed by atoms with Gasteiger partial charge >= 0.3 is 0 Å². The van der Waals surface area contributed by atoms with Gasteiger partial charge in [0.05, 0.1) is 17.5 Å². The average molecular weight is 353 g/mol. The minimum atomic E-state index is -0.0131. The third-order valence-corrected chi connectivity index (χ3v) is 4.85. The zero-order valence-corrected chi connectivity index (χ0v) is 15.1. The molecule has 1 heterocycles. The van der Waals surface area contributed by atoms with Gasteiger partial charge in [0.1, 0.15) is 5.76 Å². The first-order chi connectivity index (χ1) is 11.0. The zero-order chi connectivity index (χ0) is 16.8. The van der Waals surface area contributed by atoms with Gasteiger partial charge in [-0.25, -0.2) is 0 Å². The molecule has 0 radical (unpaired) electrons. The Balaban J connectivity index is 1.86. The number of hydrogen-bond acceptors (Lipinski definition) is 4. The lowest BCUT2D eigenvalue weighted by atomic mass is 10.0. The van der Waals surface area contributed by atoms with Gasteiger partial charge in [-0.2, -0.15) is 0 Å². The number of halogens is 1. The Hall–Kier alpha value is -1.46. The number of nitrogens with zero attached hydrogens (tertiary/aromatic N) is 1. The normalized spacial score (nSPS) is 12.2. The molecule has 124 valence electrons. The zero-order valence-electron chi connectivity index (χ0n) is 13.6. The number of nitrogens with one attached hydrogen (secondary N) is 1. The van der Waals surface area contributed by atoms with Crippen LogP contribution in [0.15, 0.2) is 28.8 Å². The molecule has 0 saturated carbocycles. The van der Waals surface area contributed by atoms with Crippen molar-refractivity contribution >= 4 is 29.3 Å². The van der Waals surface area contributed by atoms with E-state index in [1.165, 1.54) is 0 Å². The maximum absolute atomic E-state index is 12.2. The summed E-state index contributed by atoms with van der Waals surface area (Å²) in [6.07, 6.45) is 0.820. The first kappa shape index (κ1) is 17.9. The van der Waals surface area contributed by atoms with E-state index in [-0.39, 0.29) is 11.9 Å². The molecule has 1 amide bonds. The topological polar surface area (TPSA) is 55.1 Å². The van der Waals surface area contributed by atoms with Gasteiger partial charge < -0.3 is 9.84 Å². The lowest BCUT2D eigenvalue weighted by Gasteiger charge is -2.17. The summed E-state index contributed by atoms with van der Waals surface area (Å²) < 4.78 is 5.13. The van der Waals surface area contributed by atoms with Gasteiger partial charge in [0.25, 0.3) is 0 Å². The van der Waals surface area contributed by atoms with Gasteiger partial charge in [-0.3, -0.25) is 4.79 Å². The van der Waals surface area contributed by atoms with Crippen molar-refractivity contribution in [3.8, 4) is 0 Å². The number of rotatable bonds is 7. The first-order valence-corrected chi connectivity index (χ1v) is 9.08. The van der Waals surface area contributed by atoms with Crippen LogP contribution >= 0.6 is 23.4 Å². The highest BCUT2D eigenvalue weighted by atomic mass is 35.5. The molecule has 1 unspecified atom stereocenters. The molecule has 0 saturated heterocycles. The van der Waals surface area contributed by atoms with Crippen molar-refractivity contribution < 1.29 is 9.32 Å². The van der Waals surface area contributed by atoms with Gasteiger partial charge in [0.2, 0.25) is 5.91 Å². The fraction of sp³-hybridized carbons (Fsp3) is 0.412. The maximum atomic E-state index is 12.2. The molecule has 1 atom stereocenters. The van der Waals surface area contributed by atoms with Gasteiger partial charge in [-0.05, 0) is 38.0 Å². The molecule has 1 aromatic heterocycles. The number of hydrogen-bond donors (Lipinski definition) is 1. The number of thioether (sulfide) groups is 1. The van der Waals surface area contributed by atoms with Crippen molar-refractivity contribution in [1.82, 2.24) is 10.5 Å². The number of carbonyl (C=O) groups is 1. The fourth-order valence-corrected chi connectivity index (χ4v) is 3.52. The quantitative estimate of drug-likeness (QED) is 0.800. The number of aryl methyl sites for hydroxylation is 2. The van der Waals surface area contributed by atoms with E-state index in [1.807, 2.05) is 45.0 Å². The number of aromatic nitrogens is 1. The molecule has 6 heteroatoms. The van der Waals surface area contributed by atoms with E-state index >= 15 is 0 Å². The SMILES string of the molecule is CCC(NC(=O)CSCc1c(C)noc1C)c1cccc(Cl)c1. The van der Waals surface area contributed by atoms with E-state index in [9.17, 15) is 4.79 Å². The van der Waals surface area contributed by atoms with Crippen molar-refractivity contribution in [3.63, 3.8) is 0 Å². The Bertz CT molecular complexity index is 653. The Morgan fingerprint density at radius 1 is 1.43 bits per heavy atom. The van der Waals surface area contributed by atoms with Crippen molar-refractivity contribution in [1.29, 1.82) is 0 Å². The summed E-state index contributed by atoms with van der Waals surface area (Å²) in [4.78, 5) is 12.2. The van der Waals surface area contributed by atoms with Crippen LogP contribution in [0.3, 0.4) is 0 Å². The molecule has 0 aliphatic heterocycles. The molecule has 0 bridgehead atoms. The first-order valence-electron chi connectivity index (χ1n) is 7.55. The Labute approximate surface area is 146 Å². The standard InChI is InChI=1S/C17H21ClN2O2S/c1-4-16(13-6-5-7-14(18)8-13)19-17(21)10-23-9-15-11(2)20-22-12(15)3/h5-8,16H,4,9-10H2,1-3H3,(H,19,21). The van der Waals surface area contributed by atoms with E-state index in [4.69, 9.17) is 16.1 Å². The van der Waals surface area contributed by atoms with Crippen LogP contribution in [-0.2, 0) is 10.5 Å². The monoisotopic (exact) mass is 352 g/mol. The molecular weight excluding hydrogens is 332 g/mol. The van der Waals surface area contributed by atoms with Crippen molar-refractivity contribution in [2.75, 3.05) is 5.75 Å². The predicted octanol–water partition coefficient (Wildman–Crippen LogP) is 4.45. The number of benzene rings is 1. The third-order valence-electron chi connectivity index (χ3n) is 3.66. The second-order valence-electron chi connectivity index (χ2n) is 5.38. The maximum Gasteiger partial charge on any atom is 0.230 e. The molecule has 1 N–H and O–H groups in total. The molecule has 2 aromatic rings. The summed E-state index contributed by atoms with van der Waals surface area (Å²) in [5, 5.41) is 7.67. The molecule has 2 rings (SSSR count). The predicted molar refractivity (Wildman–Crippen MR) is 94.8 cm³/mol. The second-order valence-corrected chi connectivity index (χ2v) is 6.80. The van der Waals surface area contributed by atoms with E-state index in [0.29, 0.717) is 10.8 Å². The summed E-state index contributed by atoms with van der Waals surface area (Å²) in [5.41, 5.74) is 2.99. The Morgan fingerprint density at radius 2 is 2.22 bits per heavy atom. The number of carbonyl (C=O) groups excluding carboxylic acids is 1. The molecular formula is C17H21ClN2O2S.